The number of nitrogens with one attached hydrogen (secondary N) is 1. The van der Waals surface area contributed by atoms with Crippen LogP contribution in [0.1, 0.15) is 56.6 Å². The third-order valence-electron chi connectivity index (χ3n) is 7.32. The Balaban J connectivity index is 1.45. The summed E-state index contributed by atoms with van der Waals surface area (Å²) in [6.45, 7) is 1.15. The molecule has 0 unspecified atom stereocenters. The maximum Gasteiger partial charge on any atom is 0.387 e. The van der Waals surface area contributed by atoms with Crippen LogP contribution >= 0.6 is 0 Å². The smallest absolute Gasteiger partial charge is 0.387 e. The molecule has 0 bridgehead atoms. The molecular weight excluding hydrogens is 454 g/mol. The van der Waals surface area contributed by atoms with E-state index in [1.54, 1.807) is 0 Å². The van der Waals surface area contributed by atoms with Crippen LogP contribution < -0.4 is 15.6 Å². The van der Waals surface area contributed by atoms with E-state index in [0.717, 1.165) is 45.2 Å². The highest BCUT2D eigenvalue weighted by molar-refractivity contribution is 5.77. The Bertz CT molecular complexity index is 1240. The molecule has 2 fully saturated rings. The highest BCUT2D eigenvalue weighted by atomic mass is 19.3. The van der Waals surface area contributed by atoms with Crippen LogP contribution in [0.15, 0.2) is 35.4 Å². The first-order valence-electron chi connectivity index (χ1n) is 12.2. The van der Waals surface area contributed by atoms with Crippen LogP contribution in [0, 0.1) is 5.92 Å². The lowest BCUT2D eigenvalue weighted by atomic mass is 9.91. The summed E-state index contributed by atoms with van der Waals surface area (Å²) in [6.07, 6.45) is 8.35. The van der Waals surface area contributed by atoms with Gasteiger partial charge >= 0.3 is 6.61 Å². The van der Waals surface area contributed by atoms with Crippen molar-refractivity contribution in [2.45, 2.75) is 57.6 Å². The Kier molecular flexibility index (Phi) is 6.64. The first-order valence-corrected chi connectivity index (χ1v) is 12.2. The molecule has 2 atom stereocenters. The Morgan fingerprint density at radius 2 is 1.91 bits per heavy atom. The van der Waals surface area contributed by atoms with Crippen molar-refractivity contribution < 1.29 is 13.5 Å². The minimum atomic E-state index is -3.08. The molecule has 1 saturated carbocycles. The van der Waals surface area contributed by atoms with Crippen molar-refractivity contribution >= 4 is 22.8 Å². The zero-order valence-corrected chi connectivity index (χ0v) is 20.0. The van der Waals surface area contributed by atoms with Crippen molar-refractivity contribution in [1.29, 1.82) is 0 Å². The van der Waals surface area contributed by atoms with Gasteiger partial charge in [-0.3, -0.25) is 9.36 Å². The normalized spacial score (nSPS) is 21.6. The van der Waals surface area contributed by atoms with Gasteiger partial charge in [-0.15, -0.1) is 0 Å². The van der Waals surface area contributed by atoms with E-state index >= 15 is 0 Å². The molecule has 4 heterocycles. The summed E-state index contributed by atoms with van der Waals surface area (Å²) >= 11 is 0. The third-order valence-corrected chi connectivity index (χ3v) is 7.32. The molecule has 35 heavy (non-hydrogen) atoms. The third kappa shape index (κ3) is 4.98. The molecule has 0 radical (unpaired) electrons. The van der Waals surface area contributed by atoms with Gasteiger partial charge in [0.05, 0.1) is 0 Å². The predicted octanol–water partition coefficient (Wildman–Crippen LogP) is 4.70. The maximum absolute atomic E-state index is 13.1. The maximum atomic E-state index is 13.1. The second kappa shape index (κ2) is 9.85. The number of rotatable bonds is 6. The first kappa shape index (κ1) is 23.6. The number of anilines is 2. The number of likely N-dealkylation sites (tertiary alicyclic amines) is 1. The summed E-state index contributed by atoms with van der Waals surface area (Å²) in [6, 6.07) is 5.14. The van der Waals surface area contributed by atoms with Crippen LogP contribution in [-0.2, 0) is 0 Å². The molecule has 1 aliphatic heterocycles. The number of fused-ring (bicyclic) bond motifs is 1. The molecule has 0 spiro atoms. The molecule has 3 aromatic heterocycles. The summed E-state index contributed by atoms with van der Waals surface area (Å²) in [5.74, 6) is 1.23. The summed E-state index contributed by atoms with van der Waals surface area (Å²) in [7, 11) is 2.14. The van der Waals surface area contributed by atoms with Crippen LogP contribution in [0.4, 0.5) is 20.5 Å². The van der Waals surface area contributed by atoms with Gasteiger partial charge in [-0.25, -0.2) is 9.97 Å². The van der Waals surface area contributed by atoms with E-state index in [0.29, 0.717) is 28.7 Å². The summed E-state index contributed by atoms with van der Waals surface area (Å²) in [4.78, 5) is 29.0. The standard InChI is InChI=1S/C25H30F2N6O2/c1-15-4-3-5-19(15)33-22-18(12-20(23(33)34)35-24(26)27)14-29-25(31-22)30-21-7-6-17(13-28-21)16-8-10-32(2)11-9-16/h6-7,12-16,19,24H,3-5,8-11H2,1-2H3,(H,28,29,30,31)/t15-,19+/m0/s1. The van der Waals surface area contributed by atoms with Crippen molar-refractivity contribution in [3.05, 3.63) is 46.5 Å². The number of halogens is 2. The lowest BCUT2D eigenvalue weighted by Crippen LogP contribution is -2.29. The second-order valence-corrected chi connectivity index (χ2v) is 9.69. The Labute approximate surface area is 202 Å². The van der Waals surface area contributed by atoms with Crippen molar-refractivity contribution in [2.24, 2.45) is 5.92 Å². The van der Waals surface area contributed by atoms with Gasteiger partial charge in [0.15, 0.2) is 5.75 Å². The molecule has 2 aliphatic rings. The lowest BCUT2D eigenvalue weighted by Gasteiger charge is -2.29. The molecular formula is C25H30F2N6O2. The molecule has 186 valence electrons. The van der Waals surface area contributed by atoms with Crippen LogP contribution in [0.25, 0.3) is 11.0 Å². The largest absolute Gasteiger partial charge is 0.429 e. The van der Waals surface area contributed by atoms with E-state index in [2.05, 4.69) is 49.9 Å². The Hall–Kier alpha value is -3.14. The van der Waals surface area contributed by atoms with Gasteiger partial charge in [-0.05, 0) is 75.4 Å². The minimum Gasteiger partial charge on any atom is -0.429 e. The van der Waals surface area contributed by atoms with E-state index < -0.39 is 12.2 Å². The Morgan fingerprint density at radius 1 is 1.11 bits per heavy atom. The first-order chi connectivity index (χ1) is 16.9. The predicted molar refractivity (Wildman–Crippen MR) is 129 cm³/mol. The van der Waals surface area contributed by atoms with E-state index in [9.17, 15) is 13.6 Å². The molecule has 3 aromatic rings. The number of ether oxygens (including phenoxy) is 1. The Morgan fingerprint density at radius 3 is 2.57 bits per heavy atom. The monoisotopic (exact) mass is 484 g/mol. The number of piperidine rings is 1. The average molecular weight is 485 g/mol. The van der Waals surface area contributed by atoms with Crippen LogP contribution in [0.3, 0.4) is 0 Å². The minimum absolute atomic E-state index is 0.138. The van der Waals surface area contributed by atoms with E-state index in [1.165, 1.54) is 22.4 Å². The second-order valence-electron chi connectivity index (χ2n) is 9.69. The van der Waals surface area contributed by atoms with Gasteiger partial charge in [0.25, 0.3) is 5.56 Å². The number of aromatic nitrogens is 4. The van der Waals surface area contributed by atoms with Crippen LogP contribution in [0.5, 0.6) is 5.75 Å². The molecule has 8 nitrogen and oxygen atoms in total. The molecule has 1 N–H and O–H groups in total. The zero-order chi connectivity index (χ0) is 24.5. The van der Waals surface area contributed by atoms with E-state index in [-0.39, 0.29) is 17.7 Å². The number of nitrogens with zero attached hydrogens (tertiary/aromatic N) is 5. The van der Waals surface area contributed by atoms with Gasteiger partial charge in [0.2, 0.25) is 5.95 Å². The van der Waals surface area contributed by atoms with E-state index in [4.69, 9.17) is 0 Å². The van der Waals surface area contributed by atoms with E-state index in [1.807, 2.05) is 12.3 Å². The van der Waals surface area contributed by atoms with Gasteiger partial charge in [0.1, 0.15) is 11.5 Å². The summed E-state index contributed by atoms with van der Waals surface area (Å²) in [5.41, 5.74) is 1.02. The van der Waals surface area contributed by atoms with Crippen molar-refractivity contribution in [1.82, 2.24) is 24.4 Å². The number of alkyl halides is 2. The van der Waals surface area contributed by atoms with Gasteiger partial charge < -0.3 is 15.0 Å². The number of pyridine rings is 2. The van der Waals surface area contributed by atoms with Gasteiger partial charge in [-0.2, -0.15) is 13.8 Å². The molecule has 0 aromatic carbocycles. The van der Waals surface area contributed by atoms with Crippen molar-refractivity contribution in [3.8, 4) is 5.75 Å². The lowest BCUT2D eigenvalue weighted by molar-refractivity contribution is -0.0510. The fourth-order valence-electron chi connectivity index (χ4n) is 5.33. The zero-order valence-electron chi connectivity index (χ0n) is 20.0. The van der Waals surface area contributed by atoms with Crippen LogP contribution in [0.2, 0.25) is 0 Å². The molecule has 0 amide bonds. The number of hydrogen-bond acceptors (Lipinski definition) is 7. The highest BCUT2D eigenvalue weighted by Crippen LogP contribution is 2.36. The van der Waals surface area contributed by atoms with Crippen LogP contribution in [-0.4, -0.2) is 51.2 Å². The van der Waals surface area contributed by atoms with Crippen molar-refractivity contribution in [3.63, 3.8) is 0 Å². The van der Waals surface area contributed by atoms with Gasteiger partial charge in [-0.1, -0.05) is 19.4 Å². The SMILES string of the molecule is C[C@H]1CCC[C@H]1n1c(=O)c(OC(F)F)cc2cnc(Nc3ccc(C4CCN(C)CC4)cn3)nc21. The van der Waals surface area contributed by atoms with Crippen molar-refractivity contribution in [2.75, 3.05) is 25.5 Å². The summed E-state index contributed by atoms with van der Waals surface area (Å²) in [5, 5.41) is 3.59. The topological polar surface area (TPSA) is 85.2 Å². The highest BCUT2D eigenvalue weighted by Gasteiger charge is 2.29. The fraction of sp³-hybridized carbons (Fsp3) is 0.520. The molecule has 10 heteroatoms. The quantitative estimate of drug-likeness (QED) is 0.543. The summed E-state index contributed by atoms with van der Waals surface area (Å²) < 4.78 is 31.9. The molecule has 1 saturated heterocycles. The average Bonchev–Trinajstić information content (AvgIpc) is 3.26. The fourth-order valence-corrected chi connectivity index (χ4v) is 5.33. The van der Waals surface area contributed by atoms with Gasteiger partial charge in [0, 0.05) is 23.8 Å². The molecule has 5 rings (SSSR count). The molecule has 1 aliphatic carbocycles. The number of hydrogen-bond donors (Lipinski definition) is 1.